The van der Waals surface area contributed by atoms with Crippen LogP contribution in [0.15, 0.2) is 17.3 Å². The predicted molar refractivity (Wildman–Crippen MR) is 70.7 cm³/mol. The average molecular weight is 285 g/mol. The second-order valence-electron chi connectivity index (χ2n) is 4.31. The van der Waals surface area contributed by atoms with Gasteiger partial charge in [0.1, 0.15) is 11.6 Å². The van der Waals surface area contributed by atoms with Gasteiger partial charge in [0.15, 0.2) is 0 Å². The zero-order chi connectivity index (χ0) is 15.1. The molecule has 0 aliphatic heterocycles. The van der Waals surface area contributed by atoms with E-state index in [4.69, 9.17) is 9.47 Å². The number of methoxy groups -OCH3 is 2. The number of nitrogens with zero attached hydrogens (tertiary/aromatic N) is 3. The van der Waals surface area contributed by atoms with Gasteiger partial charge >= 0.3 is 5.69 Å². The van der Waals surface area contributed by atoms with Crippen LogP contribution in [0.2, 0.25) is 0 Å². The maximum atomic E-state index is 11.0. The van der Waals surface area contributed by atoms with Crippen molar-refractivity contribution < 1.29 is 19.6 Å². The van der Waals surface area contributed by atoms with Crippen molar-refractivity contribution in [3.63, 3.8) is 0 Å². The summed E-state index contributed by atoms with van der Waals surface area (Å²) in [4.78, 5) is 14.8. The summed E-state index contributed by atoms with van der Waals surface area (Å²) >= 11 is 0. The molecule has 1 aromatic rings. The normalized spacial score (nSPS) is 13.4. The van der Waals surface area contributed by atoms with Crippen LogP contribution in [0.4, 0.5) is 5.69 Å². The van der Waals surface area contributed by atoms with Gasteiger partial charge in [0.05, 0.1) is 23.3 Å². The molecule has 8 heteroatoms. The number of hydrogen-bond donors (Lipinski definition) is 1. The molecule has 0 fully saturated rings. The third-order valence-corrected chi connectivity index (χ3v) is 2.75. The lowest BCUT2D eigenvalue weighted by atomic mass is 10.2. The lowest BCUT2D eigenvalue weighted by Gasteiger charge is -2.11. The number of rotatable bonds is 7. The van der Waals surface area contributed by atoms with Crippen molar-refractivity contribution in [2.24, 2.45) is 4.99 Å². The fourth-order valence-electron chi connectivity index (χ4n) is 1.69. The molecule has 0 spiro atoms. The van der Waals surface area contributed by atoms with Crippen molar-refractivity contribution in [1.29, 1.82) is 0 Å². The van der Waals surface area contributed by atoms with Gasteiger partial charge in [-0.25, -0.2) is 0 Å². The molecule has 0 bridgehead atoms. The average Bonchev–Trinajstić information content (AvgIpc) is 2.39. The molecule has 0 amide bonds. The summed E-state index contributed by atoms with van der Waals surface area (Å²) < 4.78 is 10.7. The Labute approximate surface area is 116 Å². The first kappa shape index (κ1) is 16.1. The number of nitro groups is 1. The van der Waals surface area contributed by atoms with Crippen molar-refractivity contribution in [1.82, 2.24) is 4.73 Å². The summed E-state index contributed by atoms with van der Waals surface area (Å²) in [5, 5.41) is 20.7. The second-order valence-corrected chi connectivity index (χ2v) is 4.31. The van der Waals surface area contributed by atoms with Gasteiger partial charge in [-0.2, -0.15) is 4.73 Å². The van der Waals surface area contributed by atoms with Crippen LogP contribution >= 0.6 is 0 Å². The van der Waals surface area contributed by atoms with E-state index in [1.807, 2.05) is 0 Å². The molecule has 8 nitrogen and oxygen atoms in total. The number of aryl methyl sites for hydroxylation is 1. The van der Waals surface area contributed by atoms with Gasteiger partial charge in [0.2, 0.25) is 0 Å². The molecule has 0 radical (unpaired) electrons. The maximum Gasteiger partial charge on any atom is 0.313 e. The Morgan fingerprint density at radius 2 is 2.20 bits per heavy atom. The molecule has 1 atom stereocenters. The zero-order valence-electron chi connectivity index (χ0n) is 11.8. The maximum absolute atomic E-state index is 11.0. The fraction of sp³-hybridized carbons (Fsp3) is 0.583. The number of pyridine rings is 1. The van der Waals surface area contributed by atoms with Crippen LogP contribution < -0.4 is 5.36 Å². The summed E-state index contributed by atoms with van der Waals surface area (Å²) in [6.07, 6.45) is 1.63. The second kappa shape index (κ2) is 7.61. The van der Waals surface area contributed by atoms with Gasteiger partial charge in [-0.1, -0.05) is 0 Å². The van der Waals surface area contributed by atoms with Crippen LogP contribution in [-0.2, 0) is 9.47 Å². The Morgan fingerprint density at radius 1 is 1.50 bits per heavy atom. The van der Waals surface area contributed by atoms with Gasteiger partial charge in [0, 0.05) is 20.8 Å². The highest BCUT2D eigenvalue weighted by Gasteiger charge is 2.14. The first-order valence-corrected chi connectivity index (χ1v) is 6.08. The highest BCUT2D eigenvalue weighted by molar-refractivity contribution is 5.27. The Bertz CT molecular complexity index is 526. The van der Waals surface area contributed by atoms with Crippen molar-refractivity contribution in [3.8, 4) is 0 Å². The van der Waals surface area contributed by atoms with E-state index < -0.39 is 4.92 Å². The van der Waals surface area contributed by atoms with E-state index >= 15 is 0 Å². The van der Waals surface area contributed by atoms with E-state index in [-0.39, 0.29) is 17.1 Å². The van der Waals surface area contributed by atoms with E-state index in [0.717, 1.165) is 6.20 Å². The van der Waals surface area contributed by atoms with Crippen molar-refractivity contribution in [3.05, 3.63) is 33.4 Å². The molecule has 1 aromatic heterocycles. The minimum atomic E-state index is -0.578. The molecule has 0 saturated heterocycles. The van der Waals surface area contributed by atoms with E-state index in [0.29, 0.717) is 30.1 Å². The molecule has 0 aromatic carbocycles. The zero-order valence-corrected chi connectivity index (χ0v) is 11.8. The summed E-state index contributed by atoms with van der Waals surface area (Å²) in [6.45, 7) is 2.45. The summed E-state index contributed by atoms with van der Waals surface area (Å²) in [5.74, 6) is 0. The Hall–Kier alpha value is -1.93. The molecule has 0 aliphatic carbocycles. The molecule has 0 aliphatic rings. The predicted octanol–water partition coefficient (Wildman–Crippen LogP) is 0.894. The van der Waals surface area contributed by atoms with E-state index in [2.05, 4.69) is 4.99 Å². The molecule has 1 heterocycles. The van der Waals surface area contributed by atoms with Gasteiger partial charge in [0.25, 0.3) is 0 Å². The third kappa shape index (κ3) is 4.32. The van der Waals surface area contributed by atoms with Gasteiger partial charge in [-0.3, -0.25) is 15.1 Å². The smallest absolute Gasteiger partial charge is 0.313 e. The Balaban J connectivity index is 3.22. The minimum Gasteiger partial charge on any atom is -0.429 e. The lowest BCUT2D eigenvalue weighted by Crippen LogP contribution is -2.22. The van der Waals surface area contributed by atoms with Crippen molar-refractivity contribution in [2.45, 2.75) is 19.4 Å². The molecule has 1 unspecified atom stereocenters. The van der Waals surface area contributed by atoms with Crippen LogP contribution in [0, 0.1) is 17.0 Å². The van der Waals surface area contributed by atoms with Crippen LogP contribution in [0.1, 0.15) is 12.1 Å². The molecule has 1 N–H and O–H groups in total. The Kier molecular flexibility index (Phi) is 6.13. The number of ether oxygens (including phenoxy) is 2. The SMILES string of the molecule is COCCC(COC)N=c1cc(C)n(O)cc1[N+](=O)[O-]. The highest BCUT2D eigenvalue weighted by atomic mass is 16.6. The van der Waals surface area contributed by atoms with Crippen LogP contribution in [-0.4, -0.2) is 48.3 Å². The molecule has 0 saturated carbocycles. The molecule has 1 rings (SSSR count). The van der Waals surface area contributed by atoms with E-state index in [9.17, 15) is 15.3 Å². The topological polar surface area (TPSA) is 99.1 Å². The number of aromatic nitrogens is 1. The van der Waals surface area contributed by atoms with Crippen LogP contribution in [0.25, 0.3) is 0 Å². The monoisotopic (exact) mass is 285 g/mol. The third-order valence-electron chi connectivity index (χ3n) is 2.75. The summed E-state index contributed by atoms with van der Waals surface area (Å²) in [6, 6.07) is 1.22. The summed E-state index contributed by atoms with van der Waals surface area (Å²) in [7, 11) is 3.12. The van der Waals surface area contributed by atoms with E-state index in [1.165, 1.54) is 6.07 Å². The van der Waals surface area contributed by atoms with Crippen molar-refractivity contribution >= 4 is 5.69 Å². The first-order valence-electron chi connectivity index (χ1n) is 6.08. The molecule has 112 valence electrons. The lowest BCUT2D eigenvalue weighted by molar-refractivity contribution is -0.387. The van der Waals surface area contributed by atoms with Gasteiger partial charge < -0.3 is 14.7 Å². The standard InChI is InChI=1S/C12H19N3O5/c1-9-6-11(12(15(17)18)7-14(9)16)13-10(8-20-3)4-5-19-2/h6-7,10,16H,4-5,8H2,1-3H3. The molecular weight excluding hydrogens is 266 g/mol. The van der Waals surface area contributed by atoms with Gasteiger partial charge in [-0.05, 0) is 19.4 Å². The minimum absolute atomic E-state index is 0.218. The Morgan fingerprint density at radius 3 is 2.75 bits per heavy atom. The van der Waals surface area contributed by atoms with Crippen LogP contribution in [0.3, 0.4) is 0 Å². The summed E-state index contributed by atoms with van der Waals surface area (Å²) in [5.41, 5.74) is 0.203. The quantitative estimate of drug-likeness (QED) is 0.456. The number of hydrogen-bond acceptors (Lipinski definition) is 6. The highest BCUT2D eigenvalue weighted by Crippen LogP contribution is 2.07. The first-order chi connectivity index (χ1) is 9.49. The largest absolute Gasteiger partial charge is 0.429 e. The van der Waals surface area contributed by atoms with Crippen LogP contribution in [0.5, 0.6) is 0 Å². The van der Waals surface area contributed by atoms with Crippen molar-refractivity contribution in [2.75, 3.05) is 27.4 Å². The molecule has 20 heavy (non-hydrogen) atoms. The fourth-order valence-corrected chi connectivity index (χ4v) is 1.69. The van der Waals surface area contributed by atoms with Gasteiger partial charge in [-0.15, -0.1) is 0 Å². The van der Waals surface area contributed by atoms with E-state index in [1.54, 1.807) is 21.1 Å². The molecular formula is C12H19N3O5.